The average molecular weight is 446 g/mol. The summed E-state index contributed by atoms with van der Waals surface area (Å²) in [5.41, 5.74) is 3.42. The zero-order chi connectivity index (χ0) is 21.4. The third-order valence-corrected chi connectivity index (χ3v) is 7.25. The molecule has 0 amide bonds. The highest BCUT2D eigenvalue weighted by Gasteiger charge is 2.33. The second-order valence-electron chi connectivity index (χ2n) is 8.85. The van der Waals surface area contributed by atoms with Gasteiger partial charge in [-0.05, 0) is 61.9 Å². The van der Waals surface area contributed by atoms with Gasteiger partial charge < -0.3 is 0 Å². The van der Waals surface area contributed by atoms with Gasteiger partial charge in [-0.3, -0.25) is 4.90 Å². The molecule has 160 valence electrons. The molecule has 3 aromatic rings. The predicted molar refractivity (Wildman–Crippen MR) is 122 cm³/mol. The van der Waals surface area contributed by atoms with Crippen molar-refractivity contribution in [3.05, 3.63) is 57.6 Å². The SMILES string of the molecule is Cc1cc(C2CCCN(C(c3ccc(Cl)c(Cl)c3)C(C)C(C)C)C2)n2ncnc2n1. The second kappa shape index (κ2) is 8.81. The molecule has 1 fully saturated rings. The summed E-state index contributed by atoms with van der Waals surface area (Å²) in [6.07, 6.45) is 3.87. The Bertz CT molecular complexity index is 1030. The van der Waals surface area contributed by atoms with Crippen LogP contribution in [0, 0.1) is 18.8 Å². The van der Waals surface area contributed by atoms with Crippen LogP contribution in [0.1, 0.15) is 62.5 Å². The van der Waals surface area contributed by atoms with Crippen LogP contribution in [0.25, 0.3) is 5.78 Å². The summed E-state index contributed by atoms with van der Waals surface area (Å²) in [6.45, 7) is 11.0. The molecule has 2 aromatic heterocycles. The molecule has 0 radical (unpaired) electrons. The quantitative estimate of drug-likeness (QED) is 0.486. The van der Waals surface area contributed by atoms with E-state index in [0.717, 1.165) is 31.6 Å². The van der Waals surface area contributed by atoms with E-state index in [1.807, 2.05) is 23.6 Å². The van der Waals surface area contributed by atoms with Crippen molar-refractivity contribution >= 4 is 29.0 Å². The first-order valence-electron chi connectivity index (χ1n) is 10.7. The molecule has 0 bridgehead atoms. The van der Waals surface area contributed by atoms with Gasteiger partial charge in [0.05, 0.1) is 15.7 Å². The molecular weight excluding hydrogens is 417 g/mol. The normalized spacial score (nSPS) is 20.0. The summed E-state index contributed by atoms with van der Waals surface area (Å²) in [7, 11) is 0. The van der Waals surface area contributed by atoms with Gasteiger partial charge in [0.25, 0.3) is 5.78 Å². The molecule has 3 heterocycles. The number of aromatic nitrogens is 4. The van der Waals surface area contributed by atoms with E-state index in [0.29, 0.717) is 33.6 Å². The Balaban J connectivity index is 1.69. The Morgan fingerprint density at radius 1 is 1.10 bits per heavy atom. The van der Waals surface area contributed by atoms with E-state index in [1.54, 1.807) is 6.33 Å². The summed E-state index contributed by atoms with van der Waals surface area (Å²) in [5.74, 6) is 2.09. The largest absolute Gasteiger partial charge is 0.295 e. The number of nitrogens with zero attached hydrogens (tertiary/aromatic N) is 5. The van der Waals surface area contributed by atoms with Gasteiger partial charge in [-0.1, -0.05) is 50.0 Å². The maximum Gasteiger partial charge on any atom is 0.252 e. The first kappa shape index (κ1) is 21.5. The second-order valence-corrected chi connectivity index (χ2v) is 9.66. The minimum absolute atomic E-state index is 0.289. The number of fused-ring (bicyclic) bond motifs is 1. The first-order chi connectivity index (χ1) is 14.3. The van der Waals surface area contributed by atoms with Crippen molar-refractivity contribution in [3.8, 4) is 0 Å². The molecule has 0 spiro atoms. The fourth-order valence-corrected chi connectivity index (χ4v) is 4.96. The molecule has 0 aliphatic carbocycles. The minimum Gasteiger partial charge on any atom is -0.295 e. The lowest BCUT2D eigenvalue weighted by Crippen LogP contribution is -2.41. The van der Waals surface area contributed by atoms with Gasteiger partial charge in [-0.25, -0.2) is 9.50 Å². The molecule has 7 heteroatoms. The first-order valence-corrected chi connectivity index (χ1v) is 11.5. The predicted octanol–water partition coefficient (Wildman–Crippen LogP) is 5.95. The van der Waals surface area contributed by atoms with Gasteiger partial charge in [-0.2, -0.15) is 10.1 Å². The van der Waals surface area contributed by atoms with Gasteiger partial charge in [0.2, 0.25) is 0 Å². The van der Waals surface area contributed by atoms with E-state index in [4.69, 9.17) is 23.2 Å². The number of aryl methyl sites for hydroxylation is 1. The van der Waals surface area contributed by atoms with E-state index < -0.39 is 0 Å². The fraction of sp³-hybridized carbons (Fsp3) is 0.522. The van der Waals surface area contributed by atoms with Crippen LogP contribution in [-0.4, -0.2) is 37.6 Å². The lowest BCUT2D eigenvalue weighted by Gasteiger charge is -2.42. The highest BCUT2D eigenvalue weighted by molar-refractivity contribution is 6.42. The zero-order valence-corrected chi connectivity index (χ0v) is 19.5. The van der Waals surface area contributed by atoms with Crippen molar-refractivity contribution in [2.45, 2.75) is 52.5 Å². The van der Waals surface area contributed by atoms with E-state index in [1.165, 1.54) is 11.3 Å². The van der Waals surface area contributed by atoms with Crippen molar-refractivity contribution in [1.29, 1.82) is 0 Å². The van der Waals surface area contributed by atoms with E-state index in [-0.39, 0.29) is 6.04 Å². The summed E-state index contributed by atoms with van der Waals surface area (Å²) in [6, 6.07) is 8.55. The van der Waals surface area contributed by atoms with E-state index in [2.05, 4.69) is 52.9 Å². The molecule has 0 saturated carbocycles. The third-order valence-electron chi connectivity index (χ3n) is 6.51. The van der Waals surface area contributed by atoms with Crippen LogP contribution < -0.4 is 0 Å². The van der Waals surface area contributed by atoms with Crippen molar-refractivity contribution in [1.82, 2.24) is 24.5 Å². The number of hydrogen-bond donors (Lipinski definition) is 0. The Hall–Kier alpha value is -1.69. The Kier molecular flexibility index (Phi) is 6.33. The molecular formula is C23H29Cl2N5. The third kappa shape index (κ3) is 4.20. The summed E-state index contributed by atoms with van der Waals surface area (Å²) < 4.78 is 1.90. The fourth-order valence-electron chi connectivity index (χ4n) is 4.66. The monoisotopic (exact) mass is 445 g/mol. The highest BCUT2D eigenvalue weighted by atomic mass is 35.5. The maximum absolute atomic E-state index is 6.40. The number of likely N-dealkylation sites (tertiary alicyclic amines) is 1. The lowest BCUT2D eigenvalue weighted by atomic mass is 9.82. The molecule has 3 unspecified atom stereocenters. The van der Waals surface area contributed by atoms with Crippen LogP contribution in [0.15, 0.2) is 30.6 Å². The van der Waals surface area contributed by atoms with Gasteiger partial charge in [0.15, 0.2) is 0 Å². The molecule has 5 nitrogen and oxygen atoms in total. The lowest BCUT2D eigenvalue weighted by molar-refractivity contribution is 0.0913. The average Bonchev–Trinajstić information content (AvgIpc) is 3.18. The van der Waals surface area contributed by atoms with Crippen molar-refractivity contribution in [3.63, 3.8) is 0 Å². The molecule has 1 aromatic carbocycles. The topological polar surface area (TPSA) is 46.3 Å². The zero-order valence-electron chi connectivity index (χ0n) is 18.0. The number of benzene rings is 1. The van der Waals surface area contributed by atoms with Crippen LogP contribution in [-0.2, 0) is 0 Å². The maximum atomic E-state index is 6.40. The number of rotatable bonds is 5. The smallest absolute Gasteiger partial charge is 0.252 e. The Morgan fingerprint density at radius 3 is 2.63 bits per heavy atom. The van der Waals surface area contributed by atoms with Crippen LogP contribution in [0.5, 0.6) is 0 Å². The van der Waals surface area contributed by atoms with E-state index >= 15 is 0 Å². The van der Waals surface area contributed by atoms with Crippen molar-refractivity contribution in [2.24, 2.45) is 11.8 Å². The van der Waals surface area contributed by atoms with Gasteiger partial charge in [0.1, 0.15) is 6.33 Å². The Labute approximate surface area is 188 Å². The molecule has 3 atom stereocenters. The van der Waals surface area contributed by atoms with E-state index in [9.17, 15) is 0 Å². The van der Waals surface area contributed by atoms with Gasteiger partial charge >= 0.3 is 0 Å². The molecule has 4 rings (SSSR count). The Morgan fingerprint density at radius 2 is 1.90 bits per heavy atom. The molecule has 1 saturated heterocycles. The molecule has 1 aliphatic heterocycles. The summed E-state index contributed by atoms with van der Waals surface area (Å²) in [5, 5.41) is 5.67. The van der Waals surface area contributed by atoms with Crippen LogP contribution in [0.3, 0.4) is 0 Å². The minimum atomic E-state index is 0.289. The number of piperidine rings is 1. The number of hydrogen-bond acceptors (Lipinski definition) is 4. The summed E-state index contributed by atoms with van der Waals surface area (Å²) in [4.78, 5) is 11.4. The standard InChI is InChI=1S/C23H29Cl2N5/c1-14(2)16(4)22(17-7-8-19(24)20(25)11-17)29-9-5-6-18(12-29)21-10-15(3)28-23-26-13-27-30(21)23/h7-8,10-11,13-14,16,18,22H,5-6,9,12H2,1-4H3. The van der Waals surface area contributed by atoms with Crippen LogP contribution in [0.4, 0.5) is 0 Å². The highest BCUT2D eigenvalue weighted by Crippen LogP contribution is 2.39. The number of halogens is 2. The molecule has 30 heavy (non-hydrogen) atoms. The molecule has 0 N–H and O–H groups in total. The van der Waals surface area contributed by atoms with Crippen molar-refractivity contribution in [2.75, 3.05) is 13.1 Å². The summed E-state index contributed by atoms with van der Waals surface area (Å²) >= 11 is 12.6. The van der Waals surface area contributed by atoms with Crippen LogP contribution >= 0.6 is 23.2 Å². The van der Waals surface area contributed by atoms with Gasteiger partial charge in [-0.15, -0.1) is 0 Å². The van der Waals surface area contributed by atoms with Crippen LogP contribution in [0.2, 0.25) is 10.0 Å². The van der Waals surface area contributed by atoms with Crippen molar-refractivity contribution < 1.29 is 0 Å². The van der Waals surface area contributed by atoms with Gasteiger partial charge in [0, 0.05) is 24.2 Å². The molecule has 1 aliphatic rings.